The van der Waals surface area contributed by atoms with E-state index in [0.717, 1.165) is 30.6 Å². The van der Waals surface area contributed by atoms with Crippen LogP contribution >= 0.6 is 15.9 Å². The Morgan fingerprint density at radius 1 is 1.36 bits per heavy atom. The van der Waals surface area contributed by atoms with Gasteiger partial charge in [-0.3, -0.25) is 4.79 Å². The van der Waals surface area contributed by atoms with Crippen LogP contribution in [0.5, 0.6) is 0 Å². The molecule has 0 aromatic carbocycles. The van der Waals surface area contributed by atoms with Crippen LogP contribution in [0, 0.1) is 0 Å². The summed E-state index contributed by atoms with van der Waals surface area (Å²) in [6, 6.07) is 5.76. The largest absolute Gasteiger partial charge is 0.336 e. The average molecular weight is 361 g/mol. The summed E-state index contributed by atoms with van der Waals surface area (Å²) in [4.78, 5) is 18.9. The van der Waals surface area contributed by atoms with Gasteiger partial charge in [-0.15, -0.1) is 0 Å². The van der Waals surface area contributed by atoms with Gasteiger partial charge in [-0.1, -0.05) is 22.0 Å². The first-order chi connectivity index (χ1) is 10.8. The minimum atomic E-state index is -0.156. The molecule has 0 fully saturated rings. The molecule has 22 heavy (non-hydrogen) atoms. The molecule has 0 saturated heterocycles. The van der Waals surface area contributed by atoms with Gasteiger partial charge in [0, 0.05) is 24.3 Å². The highest BCUT2D eigenvalue weighted by Crippen LogP contribution is 2.21. The highest BCUT2D eigenvalue weighted by molar-refractivity contribution is 9.08. The maximum Gasteiger partial charge on any atom is 0.271 e. The van der Waals surface area contributed by atoms with Crippen molar-refractivity contribution in [1.82, 2.24) is 15.3 Å². The van der Waals surface area contributed by atoms with Crippen LogP contribution in [-0.2, 0) is 5.33 Å². The molecule has 0 amide bonds. The van der Waals surface area contributed by atoms with Gasteiger partial charge in [0.25, 0.3) is 5.56 Å². The van der Waals surface area contributed by atoms with Crippen LogP contribution in [0.4, 0.5) is 11.5 Å². The lowest BCUT2D eigenvalue weighted by molar-refractivity contribution is 0.738. The SMILES string of the molecule is O=c1[nH]cc(CBr)cc1Nc1ccc(C2=CCNCC2)cn1. The molecule has 0 saturated carbocycles. The van der Waals surface area contributed by atoms with Gasteiger partial charge in [0.1, 0.15) is 11.5 Å². The van der Waals surface area contributed by atoms with Gasteiger partial charge in [-0.05, 0) is 47.9 Å². The zero-order valence-electron chi connectivity index (χ0n) is 12.0. The summed E-state index contributed by atoms with van der Waals surface area (Å²) in [6.07, 6.45) is 6.75. The number of anilines is 2. The van der Waals surface area contributed by atoms with Crippen molar-refractivity contribution in [2.75, 3.05) is 18.4 Å². The van der Waals surface area contributed by atoms with Gasteiger partial charge in [-0.25, -0.2) is 4.98 Å². The zero-order chi connectivity index (χ0) is 15.4. The van der Waals surface area contributed by atoms with Crippen LogP contribution in [0.1, 0.15) is 17.5 Å². The van der Waals surface area contributed by atoms with Gasteiger partial charge in [0.2, 0.25) is 0 Å². The van der Waals surface area contributed by atoms with Crippen molar-refractivity contribution in [2.24, 2.45) is 0 Å². The molecular weight excluding hydrogens is 344 g/mol. The number of rotatable bonds is 4. The summed E-state index contributed by atoms with van der Waals surface area (Å²) in [6.45, 7) is 1.91. The average Bonchev–Trinajstić information content (AvgIpc) is 2.58. The smallest absolute Gasteiger partial charge is 0.271 e. The molecule has 0 atom stereocenters. The summed E-state index contributed by atoms with van der Waals surface area (Å²) >= 11 is 3.38. The summed E-state index contributed by atoms with van der Waals surface area (Å²) in [5.41, 5.74) is 3.79. The van der Waals surface area contributed by atoms with E-state index in [4.69, 9.17) is 0 Å². The number of hydrogen-bond acceptors (Lipinski definition) is 4. The van der Waals surface area contributed by atoms with Crippen LogP contribution in [0.25, 0.3) is 5.57 Å². The van der Waals surface area contributed by atoms with Gasteiger partial charge < -0.3 is 15.6 Å². The zero-order valence-corrected chi connectivity index (χ0v) is 13.6. The minimum absolute atomic E-state index is 0.156. The molecule has 0 aliphatic carbocycles. The van der Waals surface area contributed by atoms with Crippen LogP contribution < -0.4 is 16.2 Å². The number of nitrogens with one attached hydrogen (secondary N) is 3. The Labute approximate surface area is 137 Å². The third-order valence-electron chi connectivity index (χ3n) is 3.58. The first kappa shape index (κ1) is 15.0. The van der Waals surface area contributed by atoms with Crippen molar-refractivity contribution < 1.29 is 0 Å². The number of nitrogens with zero attached hydrogens (tertiary/aromatic N) is 1. The summed E-state index contributed by atoms with van der Waals surface area (Å²) < 4.78 is 0. The van der Waals surface area contributed by atoms with Crippen molar-refractivity contribution in [3.8, 4) is 0 Å². The molecule has 2 aromatic rings. The molecule has 0 radical (unpaired) electrons. The number of halogens is 1. The first-order valence-corrected chi connectivity index (χ1v) is 8.29. The highest BCUT2D eigenvalue weighted by Gasteiger charge is 2.07. The van der Waals surface area contributed by atoms with E-state index in [1.54, 1.807) is 6.20 Å². The Balaban J connectivity index is 1.79. The molecule has 2 aromatic heterocycles. The van der Waals surface area contributed by atoms with Crippen LogP contribution in [0.3, 0.4) is 0 Å². The second-order valence-electron chi connectivity index (χ2n) is 5.12. The molecule has 1 aliphatic heterocycles. The van der Waals surface area contributed by atoms with Crippen molar-refractivity contribution in [3.63, 3.8) is 0 Å². The fraction of sp³-hybridized carbons (Fsp3) is 0.250. The van der Waals surface area contributed by atoms with E-state index in [1.807, 2.05) is 24.4 Å². The molecule has 3 rings (SSSR count). The van der Waals surface area contributed by atoms with Crippen molar-refractivity contribution in [3.05, 3.63) is 58.1 Å². The fourth-order valence-corrected chi connectivity index (χ4v) is 2.70. The molecule has 1 aliphatic rings. The van der Waals surface area contributed by atoms with Gasteiger partial charge in [0.15, 0.2) is 0 Å². The monoisotopic (exact) mass is 360 g/mol. The molecule has 0 unspecified atom stereocenters. The normalized spacial score (nSPS) is 14.5. The number of H-pyrrole nitrogens is 1. The summed E-state index contributed by atoms with van der Waals surface area (Å²) in [7, 11) is 0. The standard InChI is InChI=1S/C16H17BrN4O/c17-8-11-7-14(16(22)20-9-11)21-15-2-1-13(10-19-15)12-3-5-18-6-4-12/h1-3,7,9-10,18H,4-6,8H2,(H,19,21)(H,20,22). The number of aromatic nitrogens is 2. The molecular formula is C16H17BrN4O. The van der Waals surface area contributed by atoms with Gasteiger partial charge >= 0.3 is 0 Å². The lowest BCUT2D eigenvalue weighted by atomic mass is 10.0. The quantitative estimate of drug-likeness (QED) is 0.733. The molecule has 0 bridgehead atoms. The van der Waals surface area contributed by atoms with Crippen molar-refractivity contribution in [2.45, 2.75) is 11.8 Å². The van der Waals surface area contributed by atoms with Crippen molar-refractivity contribution in [1.29, 1.82) is 0 Å². The van der Waals surface area contributed by atoms with E-state index in [2.05, 4.69) is 42.6 Å². The third-order valence-corrected chi connectivity index (χ3v) is 4.23. The molecule has 3 N–H and O–H groups in total. The Hall–Kier alpha value is -1.92. The highest BCUT2D eigenvalue weighted by atomic mass is 79.9. The fourth-order valence-electron chi connectivity index (χ4n) is 2.38. The first-order valence-electron chi connectivity index (χ1n) is 7.17. The van der Waals surface area contributed by atoms with Gasteiger partial charge in [-0.2, -0.15) is 0 Å². The molecule has 6 heteroatoms. The Morgan fingerprint density at radius 3 is 2.95 bits per heavy atom. The number of alkyl halides is 1. The van der Waals surface area contributed by atoms with Gasteiger partial charge in [0.05, 0.1) is 0 Å². The van der Waals surface area contributed by atoms with E-state index < -0.39 is 0 Å². The maximum absolute atomic E-state index is 11.8. The van der Waals surface area contributed by atoms with Crippen molar-refractivity contribution >= 4 is 33.0 Å². The molecule has 3 heterocycles. The molecule has 114 valence electrons. The predicted molar refractivity (Wildman–Crippen MR) is 92.7 cm³/mol. The van der Waals surface area contributed by atoms with Crippen LogP contribution in [0.15, 0.2) is 41.5 Å². The van der Waals surface area contributed by atoms with E-state index in [9.17, 15) is 4.79 Å². The van der Waals surface area contributed by atoms with E-state index in [-0.39, 0.29) is 5.56 Å². The van der Waals surface area contributed by atoms with E-state index >= 15 is 0 Å². The maximum atomic E-state index is 11.8. The van der Waals surface area contributed by atoms with E-state index in [0.29, 0.717) is 16.8 Å². The summed E-state index contributed by atoms with van der Waals surface area (Å²) in [5, 5.41) is 7.05. The second-order valence-corrected chi connectivity index (χ2v) is 5.69. The topological polar surface area (TPSA) is 69.8 Å². The lowest BCUT2D eigenvalue weighted by Gasteiger charge is -2.14. The number of hydrogen-bond donors (Lipinski definition) is 3. The number of aromatic amines is 1. The lowest BCUT2D eigenvalue weighted by Crippen LogP contribution is -2.20. The predicted octanol–water partition coefficient (Wildman–Crippen LogP) is 2.79. The second kappa shape index (κ2) is 6.89. The third kappa shape index (κ3) is 3.45. The Morgan fingerprint density at radius 2 is 2.27 bits per heavy atom. The molecule has 5 nitrogen and oxygen atoms in total. The summed E-state index contributed by atoms with van der Waals surface area (Å²) in [5.74, 6) is 0.663. The van der Waals surface area contributed by atoms with E-state index in [1.165, 1.54) is 5.57 Å². The van der Waals surface area contributed by atoms with Crippen LogP contribution in [0.2, 0.25) is 0 Å². The number of pyridine rings is 2. The molecule has 0 spiro atoms. The minimum Gasteiger partial charge on any atom is -0.336 e. The Bertz CT molecular complexity index is 737. The van der Waals surface area contributed by atoms with Crippen LogP contribution in [-0.4, -0.2) is 23.1 Å². The Kier molecular flexibility index (Phi) is 4.70.